The molecule has 0 amide bonds. The highest BCUT2D eigenvalue weighted by molar-refractivity contribution is 5.72. The van der Waals surface area contributed by atoms with Gasteiger partial charge in [-0.1, -0.05) is 0 Å². The highest BCUT2D eigenvalue weighted by Crippen LogP contribution is 2.65. The van der Waals surface area contributed by atoms with Gasteiger partial charge in [0.2, 0.25) is 0 Å². The van der Waals surface area contributed by atoms with Gasteiger partial charge in [-0.15, -0.1) is 0 Å². The van der Waals surface area contributed by atoms with Crippen molar-refractivity contribution in [1.29, 1.82) is 0 Å². The van der Waals surface area contributed by atoms with Gasteiger partial charge in [-0.2, -0.15) is 0 Å². The molecular weight excluding hydrogens is 396 g/mol. The molecule has 170 valence electrons. The van der Waals surface area contributed by atoms with Crippen molar-refractivity contribution in [1.82, 2.24) is 10.2 Å². The minimum absolute atomic E-state index is 0.0246. The van der Waals surface area contributed by atoms with Gasteiger partial charge in [-0.25, -0.2) is 0 Å². The molecular formula is C24H34N2O5. The maximum absolute atomic E-state index is 12.3. The molecule has 1 saturated heterocycles. The van der Waals surface area contributed by atoms with Crippen LogP contribution in [0.2, 0.25) is 0 Å². The Kier molecular flexibility index (Phi) is 4.72. The van der Waals surface area contributed by atoms with Crippen LogP contribution < -0.4 is 14.8 Å². The SMILES string of the molecule is COc1cc(O)c2c3c1C[C@@H]1[C@@H]4CC[C@@H](NCC(=O)OC(C)(C)C)[C@H](O2)[C@]34CCN1C. The molecule has 7 nitrogen and oxygen atoms in total. The lowest BCUT2D eigenvalue weighted by Gasteiger charge is -2.59. The normalized spacial score (nSPS) is 33.5. The molecule has 2 fully saturated rings. The molecule has 2 aliphatic heterocycles. The standard InChI is InChI=1S/C24H34N2O5/c1-23(2,3)31-19(28)12-25-15-7-6-14-16-10-13-18(29-5)11-17(27)21-20(13)24(14,22(15)30-21)8-9-26(16)4/h11,14-16,22,25,27H,6-10,12H2,1-5H3/t14-,15+,16+,22-,24-/m0/s1. The zero-order valence-electron chi connectivity index (χ0n) is 19.2. The molecule has 2 heterocycles. The molecule has 0 aromatic heterocycles. The van der Waals surface area contributed by atoms with Crippen LogP contribution in [0.3, 0.4) is 0 Å². The fraction of sp³-hybridized carbons (Fsp3) is 0.708. The number of likely N-dealkylation sites (tertiary alicyclic amines) is 1. The largest absolute Gasteiger partial charge is 0.504 e. The Morgan fingerprint density at radius 3 is 2.87 bits per heavy atom. The number of nitrogens with one attached hydrogen (secondary N) is 1. The van der Waals surface area contributed by atoms with E-state index in [0.29, 0.717) is 17.7 Å². The Hall–Kier alpha value is -1.99. The van der Waals surface area contributed by atoms with E-state index in [0.717, 1.165) is 43.5 Å². The summed E-state index contributed by atoms with van der Waals surface area (Å²) in [6.07, 6.45) is 3.79. The molecule has 5 rings (SSSR count). The zero-order chi connectivity index (χ0) is 22.1. The second-order valence-corrected chi connectivity index (χ2v) is 10.6. The summed E-state index contributed by atoms with van der Waals surface area (Å²) < 4.78 is 17.7. The monoisotopic (exact) mass is 430 g/mol. The van der Waals surface area contributed by atoms with Crippen LogP contribution in [0.1, 0.15) is 51.2 Å². The number of benzene rings is 1. The number of esters is 1. The molecule has 2 bridgehead atoms. The lowest BCUT2D eigenvalue weighted by molar-refractivity contribution is -0.154. The van der Waals surface area contributed by atoms with Crippen LogP contribution in [0, 0.1) is 5.92 Å². The van der Waals surface area contributed by atoms with Gasteiger partial charge in [0.1, 0.15) is 17.5 Å². The summed E-state index contributed by atoms with van der Waals surface area (Å²) in [5, 5.41) is 14.2. The van der Waals surface area contributed by atoms with E-state index in [9.17, 15) is 9.90 Å². The predicted octanol–water partition coefficient (Wildman–Crippen LogP) is 2.37. The number of phenols is 1. The summed E-state index contributed by atoms with van der Waals surface area (Å²) in [4.78, 5) is 14.8. The van der Waals surface area contributed by atoms with Gasteiger partial charge in [0.05, 0.1) is 13.7 Å². The molecule has 31 heavy (non-hydrogen) atoms. The van der Waals surface area contributed by atoms with Crippen LogP contribution in [0.15, 0.2) is 6.07 Å². The van der Waals surface area contributed by atoms with Gasteiger partial charge in [0.25, 0.3) is 0 Å². The van der Waals surface area contributed by atoms with E-state index in [2.05, 4.69) is 17.3 Å². The van der Waals surface area contributed by atoms with Crippen LogP contribution >= 0.6 is 0 Å². The zero-order valence-corrected chi connectivity index (χ0v) is 19.2. The third-order valence-corrected chi connectivity index (χ3v) is 7.83. The number of hydrogen-bond acceptors (Lipinski definition) is 7. The molecule has 2 N–H and O–H groups in total. The fourth-order valence-electron chi connectivity index (χ4n) is 6.77. The van der Waals surface area contributed by atoms with Crippen molar-refractivity contribution >= 4 is 5.97 Å². The van der Waals surface area contributed by atoms with Gasteiger partial charge >= 0.3 is 5.97 Å². The highest BCUT2D eigenvalue weighted by Gasteiger charge is 2.65. The van der Waals surface area contributed by atoms with Crippen molar-refractivity contribution < 1.29 is 24.1 Å². The maximum atomic E-state index is 12.3. The predicted molar refractivity (Wildman–Crippen MR) is 116 cm³/mol. The Balaban J connectivity index is 1.51. The minimum atomic E-state index is -0.503. The topological polar surface area (TPSA) is 80.3 Å². The van der Waals surface area contributed by atoms with Crippen molar-refractivity contribution in [2.75, 3.05) is 27.2 Å². The maximum Gasteiger partial charge on any atom is 0.320 e. The number of hydrogen-bond donors (Lipinski definition) is 2. The first kappa shape index (κ1) is 20.9. The van der Waals surface area contributed by atoms with Gasteiger partial charge in [-0.05, 0) is 66.0 Å². The van der Waals surface area contributed by atoms with Crippen LogP contribution in [0.4, 0.5) is 0 Å². The number of rotatable bonds is 4. The van der Waals surface area contributed by atoms with E-state index in [-0.39, 0.29) is 35.8 Å². The number of nitrogens with zero attached hydrogens (tertiary/aromatic N) is 1. The molecule has 1 spiro atoms. The number of phenolic OH excluding ortho intramolecular Hbond substituents is 1. The van der Waals surface area contributed by atoms with E-state index < -0.39 is 5.60 Å². The van der Waals surface area contributed by atoms with Crippen LogP contribution in [0.5, 0.6) is 17.2 Å². The van der Waals surface area contributed by atoms with E-state index in [4.69, 9.17) is 14.2 Å². The van der Waals surface area contributed by atoms with Crippen molar-refractivity contribution in [2.24, 2.45) is 5.92 Å². The minimum Gasteiger partial charge on any atom is -0.504 e. The van der Waals surface area contributed by atoms with E-state index in [1.807, 2.05) is 20.8 Å². The van der Waals surface area contributed by atoms with E-state index in [1.54, 1.807) is 13.2 Å². The van der Waals surface area contributed by atoms with E-state index >= 15 is 0 Å². The Morgan fingerprint density at radius 1 is 1.39 bits per heavy atom. The lowest BCUT2D eigenvalue weighted by atomic mass is 9.51. The number of methoxy groups -OCH3 is 1. The molecule has 5 atom stereocenters. The van der Waals surface area contributed by atoms with Gasteiger partial charge in [-0.3, -0.25) is 4.79 Å². The highest BCUT2D eigenvalue weighted by atomic mass is 16.6. The van der Waals surface area contributed by atoms with E-state index in [1.165, 1.54) is 5.56 Å². The molecule has 0 radical (unpaired) electrons. The molecule has 1 aromatic carbocycles. The van der Waals surface area contributed by atoms with Gasteiger partial charge in [0, 0.05) is 34.7 Å². The summed E-state index contributed by atoms with van der Waals surface area (Å²) in [5.41, 5.74) is 1.68. The summed E-state index contributed by atoms with van der Waals surface area (Å²) in [5.74, 6) is 1.75. The third kappa shape index (κ3) is 3.04. The lowest BCUT2D eigenvalue weighted by Crippen LogP contribution is -2.68. The molecule has 1 aromatic rings. The third-order valence-electron chi connectivity index (χ3n) is 7.83. The average molecular weight is 431 g/mol. The summed E-state index contributed by atoms with van der Waals surface area (Å²) >= 11 is 0. The van der Waals surface area contributed by atoms with Crippen LogP contribution in [0.25, 0.3) is 0 Å². The van der Waals surface area contributed by atoms with Crippen molar-refractivity contribution in [3.8, 4) is 17.2 Å². The Labute approximate surface area is 184 Å². The van der Waals surface area contributed by atoms with Gasteiger partial charge < -0.3 is 29.5 Å². The first-order valence-corrected chi connectivity index (χ1v) is 11.4. The fourth-order valence-corrected chi connectivity index (χ4v) is 6.77. The smallest absolute Gasteiger partial charge is 0.320 e. The van der Waals surface area contributed by atoms with Crippen molar-refractivity contribution in [3.05, 3.63) is 17.2 Å². The second kappa shape index (κ2) is 7.01. The summed E-state index contributed by atoms with van der Waals surface area (Å²) in [6.45, 7) is 6.79. The first-order chi connectivity index (χ1) is 14.7. The molecule has 2 aliphatic carbocycles. The molecule has 0 unspecified atom stereocenters. The van der Waals surface area contributed by atoms with Gasteiger partial charge in [0.15, 0.2) is 11.5 Å². The Morgan fingerprint density at radius 2 is 2.16 bits per heavy atom. The number of carbonyl (C=O) groups excluding carboxylic acids is 1. The number of ether oxygens (including phenoxy) is 3. The molecule has 7 heteroatoms. The summed E-state index contributed by atoms with van der Waals surface area (Å²) in [7, 11) is 3.88. The number of aromatic hydroxyl groups is 1. The van der Waals surface area contributed by atoms with Crippen LogP contribution in [-0.4, -0.2) is 67.0 Å². The summed E-state index contributed by atoms with van der Waals surface area (Å²) in [6, 6.07) is 2.15. The first-order valence-electron chi connectivity index (χ1n) is 11.4. The Bertz CT molecular complexity index is 910. The number of piperidine rings is 1. The second-order valence-electron chi connectivity index (χ2n) is 10.6. The molecule has 4 aliphatic rings. The number of carbonyl (C=O) groups is 1. The average Bonchev–Trinajstić information content (AvgIpc) is 3.04. The molecule has 1 saturated carbocycles. The van der Waals surface area contributed by atoms with Crippen molar-refractivity contribution in [3.63, 3.8) is 0 Å². The van der Waals surface area contributed by atoms with Crippen LogP contribution in [-0.2, 0) is 21.4 Å². The number of likely N-dealkylation sites (N-methyl/N-ethyl adjacent to an activating group) is 1. The quantitative estimate of drug-likeness (QED) is 0.710. The van der Waals surface area contributed by atoms with Crippen molar-refractivity contribution in [2.45, 2.75) is 75.7 Å².